The summed E-state index contributed by atoms with van der Waals surface area (Å²) < 4.78 is 28.8. The Morgan fingerprint density at radius 3 is 2.58 bits per heavy atom. The molecule has 0 saturated carbocycles. The minimum atomic E-state index is -1.47. The van der Waals surface area contributed by atoms with E-state index in [-0.39, 0.29) is 18.0 Å². The molecule has 1 saturated heterocycles. The number of Topliss-reactive ketones (excluding diaryl/α,β-unsaturated/α-hetero) is 1. The lowest BCUT2D eigenvalue weighted by atomic mass is 9.70. The number of benzene rings is 3. The number of fused-ring (bicyclic) bond motifs is 2. The maximum Gasteiger partial charge on any atom is 0.250 e. The monoisotopic (exact) mass is 450 g/mol. The number of para-hydroxylation sites is 1. The summed E-state index contributed by atoms with van der Waals surface area (Å²) in [5.41, 5.74) is -0.314. The van der Waals surface area contributed by atoms with Gasteiger partial charge in [-0.3, -0.25) is 14.5 Å². The van der Waals surface area contributed by atoms with E-state index < -0.39 is 46.3 Å². The van der Waals surface area contributed by atoms with Gasteiger partial charge in [-0.15, -0.1) is 0 Å². The highest BCUT2D eigenvalue weighted by atomic mass is 19.2. The summed E-state index contributed by atoms with van der Waals surface area (Å²) in [4.78, 5) is 29.1. The van der Waals surface area contributed by atoms with Crippen LogP contribution in [0.2, 0.25) is 0 Å². The number of phenolic OH excluding ortho intramolecular Hbond substituents is 2. The van der Waals surface area contributed by atoms with Crippen LogP contribution in [0.15, 0.2) is 60.7 Å². The van der Waals surface area contributed by atoms with Crippen LogP contribution in [-0.4, -0.2) is 40.4 Å². The van der Waals surface area contributed by atoms with E-state index in [1.54, 1.807) is 42.3 Å². The van der Waals surface area contributed by atoms with Crippen molar-refractivity contribution in [1.82, 2.24) is 4.90 Å². The van der Waals surface area contributed by atoms with E-state index in [2.05, 4.69) is 5.32 Å². The molecule has 0 radical (unpaired) electrons. The van der Waals surface area contributed by atoms with E-state index in [1.807, 2.05) is 0 Å². The molecule has 0 aromatic heterocycles. The fourth-order valence-corrected chi connectivity index (χ4v) is 5.33. The molecule has 2 aliphatic rings. The number of ketones is 1. The molecule has 1 fully saturated rings. The lowest BCUT2D eigenvalue weighted by molar-refractivity contribution is -0.126. The van der Waals surface area contributed by atoms with Crippen molar-refractivity contribution in [1.29, 1.82) is 0 Å². The SMILES string of the molecule is CN1CC(c2ccc(O)c(O)c2)C(C(=O)c2cccc(F)c2F)C12C(=O)Nc1ccccc12. The van der Waals surface area contributed by atoms with Crippen LogP contribution in [0.5, 0.6) is 11.5 Å². The second-order valence-corrected chi connectivity index (χ2v) is 8.44. The summed E-state index contributed by atoms with van der Waals surface area (Å²) in [5, 5.41) is 22.7. The zero-order valence-corrected chi connectivity index (χ0v) is 17.5. The number of aromatic hydroxyl groups is 2. The predicted octanol–water partition coefficient (Wildman–Crippen LogP) is 3.75. The molecule has 3 aromatic carbocycles. The van der Waals surface area contributed by atoms with E-state index >= 15 is 0 Å². The lowest BCUT2D eigenvalue weighted by Crippen LogP contribution is -2.51. The van der Waals surface area contributed by atoms with Gasteiger partial charge in [0.05, 0.1) is 11.5 Å². The summed E-state index contributed by atoms with van der Waals surface area (Å²) >= 11 is 0. The second-order valence-electron chi connectivity index (χ2n) is 8.44. The third-order valence-electron chi connectivity index (χ3n) is 6.78. The molecule has 0 bridgehead atoms. The van der Waals surface area contributed by atoms with Crippen molar-refractivity contribution in [2.75, 3.05) is 18.9 Å². The van der Waals surface area contributed by atoms with Crippen molar-refractivity contribution in [3.63, 3.8) is 0 Å². The Hall–Kier alpha value is -3.78. The lowest BCUT2D eigenvalue weighted by Gasteiger charge is -2.35. The van der Waals surface area contributed by atoms with Crippen LogP contribution in [0.4, 0.5) is 14.5 Å². The predicted molar refractivity (Wildman–Crippen MR) is 116 cm³/mol. The highest BCUT2D eigenvalue weighted by Gasteiger charge is 2.64. The fourth-order valence-electron chi connectivity index (χ4n) is 5.33. The molecule has 1 amide bonds. The number of likely N-dealkylation sites (tertiary alicyclic amines) is 1. The number of phenols is 2. The summed E-state index contributed by atoms with van der Waals surface area (Å²) in [6.45, 7) is 0.222. The zero-order valence-electron chi connectivity index (χ0n) is 17.5. The van der Waals surface area contributed by atoms with Gasteiger partial charge in [0.25, 0.3) is 0 Å². The highest BCUT2D eigenvalue weighted by Crippen LogP contribution is 2.56. The Balaban J connectivity index is 1.76. The first kappa shape index (κ1) is 21.1. The average molecular weight is 450 g/mol. The number of amides is 1. The molecule has 6 nitrogen and oxygen atoms in total. The van der Waals surface area contributed by atoms with Gasteiger partial charge < -0.3 is 15.5 Å². The molecular formula is C25H20F2N2O4. The molecule has 2 aliphatic heterocycles. The van der Waals surface area contributed by atoms with Gasteiger partial charge in [-0.1, -0.05) is 30.3 Å². The second kappa shape index (κ2) is 7.38. The van der Waals surface area contributed by atoms with Crippen LogP contribution in [0, 0.1) is 17.6 Å². The first-order valence-corrected chi connectivity index (χ1v) is 10.4. The van der Waals surface area contributed by atoms with Crippen LogP contribution in [0.1, 0.15) is 27.4 Å². The van der Waals surface area contributed by atoms with Crippen LogP contribution >= 0.6 is 0 Å². The van der Waals surface area contributed by atoms with E-state index in [9.17, 15) is 28.6 Å². The van der Waals surface area contributed by atoms with Gasteiger partial charge in [-0.05, 0) is 42.9 Å². The van der Waals surface area contributed by atoms with Crippen molar-refractivity contribution in [2.45, 2.75) is 11.5 Å². The third kappa shape index (κ3) is 2.87. The molecule has 0 aliphatic carbocycles. The van der Waals surface area contributed by atoms with E-state index in [0.29, 0.717) is 16.8 Å². The van der Waals surface area contributed by atoms with Gasteiger partial charge in [0.2, 0.25) is 5.91 Å². The number of hydrogen-bond acceptors (Lipinski definition) is 5. The molecule has 33 heavy (non-hydrogen) atoms. The Morgan fingerprint density at radius 2 is 1.82 bits per heavy atom. The molecule has 1 spiro atoms. The first-order valence-electron chi connectivity index (χ1n) is 10.4. The molecule has 3 aromatic rings. The maximum absolute atomic E-state index is 14.7. The first-order chi connectivity index (χ1) is 15.8. The smallest absolute Gasteiger partial charge is 0.250 e. The number of hydrogen-bond donors (Lipinski definition) is 3. The van der Waals surface area contributed by atoms with Gasteiger partial charge >= 0.3 is 0 Å². The quantitative estimate of drug-likeness (QED) is 0.418. The van der Waals surface area contributed by atoms with Crippen LogP contribution in [0.25, 0.3) is 0 Å². The van der Waals surface area contributed by atoms with Gasteiger partial charge in [0.15, 0.2) is 28.9 Å². The summed E-state index contributed by atoms with van der Waals surface area (Å²) in [6, 6.07) is 14.5. The van der Waals surface area contributed by atoms with Gasteiger partial charge in [0, 0.05) is 23.7 Å². The zero-order chi connectivity index (χ0) is 23.5. The summed E-state index contributed by atoms with van der Waals surface area (Å²) in [5.74, 6) is -6.09. The van der Waals surface area contributed by atoms with Crippen molar-refractivity contribution in [2.24, 2.45) is 5.92 Å². The summed E-state index contributed by atoms with van der Waals surface area (Å²) in [6.07, 6.45) is 0. The molecule has 8 heteroatoms. The van der Waals surface area contributed by atoms with Crippen LogP contribution in [0.3, 0.4) is 0 Å². The molecule has 5 rings (SSSR count). The molecule has 2 heterocycles. The molecule has 3 atom stereocenters. The van der Waals surface area contributed by atoms with Crippen molar-refractivity contribution in [3.8, 4) is 11.5 Å². The molecule has 168 valence electrons. The number of anilines is 1. The van der Waals surface area contributed by atoms with Gasteiger partial charge in [0.1, 0.15) is 5.54 Å². The number of likely N-dealkylation sites (N-methyl/N-ethyl adjacent to an activating group) is 1. The highest BCUT2D eigenvalue weighted by molar-refractivity contribution is 6.12. The number of rotatable bonds is 3. The fraction of sp³-hybridized carbons (Fsp3) is 0.200. The normalized spacial score (nSPS) is 24.2. The number of carbonyl (C=O) groups excluding carboxylic acids is 2. The van der Waals surface area contributed by atoms with Gasteiger partial charge in [-0.2, -0.15) is 0 Å². The van der Waals surface area contributed by atoms with Crippen molar-refractivity contribution < 1.29 is 28.6 Å². The Kier molecular flexibility index (Phi) is 4.72. The Bertz CT molecular complexity index is 1310. The standard InChI is InChI=1S/C25H20F2N2O4/c1-29-12-15(13-9-10-19(30)20(31)11-13)21(23(32)14-5-4-7-17(26)22(14)27)25(29)16-6-2-3-8-18(16)28-24(25)33/h2-11,15,21,30-31H,12H2,1H3,(H,28,33). The number of halogens is 2. The third-order valence-corrected chi connectivity index (χ3v) is 6.78. The van der Waals surface area contributed by atoms with Crippen LogP contribution in [-0.2, 0) is 10.3 Å². The molecular weight excluding hydrogens is 430 g/mol. The Morgan fingerprint density at radius 1 is 1.06 bits per heavy atom. The van der Waals surface area contributed by atoms with Gasteiger partial charge in [-0.25, -0.2) is 8.78 Å². The Labute approximate surface area is 188 Å². The van der Waals surface area contributed by atoms with Crippen molar-refractivity contribution in [3.05, 3.63) is 89.0 Å². The average Bonchev–Trinajstić information content (AvgIpc) is 3.27. The van der Waals surface area contributed by atoms with E-state index in [4.69, 9.17) is 0 Å². The van der Waals surface area contributed by atoms with E-state index in [1.165, 1.54) is 24.3 Å². The minimum absolute atomic E-state index is 0.222. The largest absolute Gasteiger partial charge is 0.504 e. The number of nitrogens with zero attached hydrogens (tertiary/aromatic N) is 1. The van der Waals surface area contributed by atoms with Crippen molar-refractivity contribution >= 4 is 17.4 Å². The van der Waals surface area contributed by atoms with E-state index in [0.717, 1.165) is 6.07 Å². The molecule has 3 N–H and O–H groups in total. The maximum atomic E-state index is 14.7. The topological polar surface area (TPSA) is 89.9 Å². The number of carbonyl (C=O) groups is 2. The summed E-state index contributed by atoms with van der Waals surface area (Å²) in [7, 11) is 1.70. The molecule has 3 unspecified atom stereocenters. The van der Waals surface area contributed by atoms with Crippen LogP contribution < -0.4 is 5.32 Å². The number of nitrogens with one attached hydrogen (secondary N) is 1. The minimum Gasteiger partial charge on any atom is -0.504 e.